The zero-order valence-electron chi connectivity index (χ0n) is 7.95. The molecular formula is C10H13NO3. The molecule has 1 aromatic carbocycles. The van der Waals surface area contributed by atoms with Gasteiger partial charge in [0, 0.05) is 13.3 Å². The maximum atomic E-state index is 9.18. The molecule has 0 amide bonds. The lowest BCUT2D eigenvalue weighted by molar-refractivity contribution is 0.303. The van der Waals surface area contributed by atoms with Gasteiger partial charge in [0.25, 0.3) is 0 Å². The smallest absolute Gasteiger partial charge is 0.177 e. The van der Waals surface area contributed by atoms with Crippen molar-refractivity contribution in [1.29, 1.82) is 5.41 Å². The molecule has 0 aromatic heterocycles. The molecule has 0 unspecified atom stereocenters. The zero-order chi connectivity index (χ0) is 10.6. The van der Waals surface area contributed by atoms with E-state index in [2.05, 4.69) is 0 Å². The predicted molar refractivity (Wildman–Crippen MR) is 52.8 cm³/mol. The van der Waals surface area contributed by atoms with Gasteiger partial charge in [-0.15, -0.1) is 0 Å². The molecule has 0 bridgehead atoms. The van der Waals surface area contributed by atoms with Crippen molar-refractivity contribution in [2.75, 3.05) is 6.61 Å². The fourth-order valence-electron chi connectivity index (χ4n) is 1.05. The lowest BCUT2D eigenvalue weighted by atomic mass is 10.1. The highest BCUT2D eigenvalue weighted by Crippen LogP contribution is 2.24. The fraction of sp³-hybridized carbons (Fsp3) is 0.300. The van der Waals surface area contributed by atoms with Crippen molar-refractivity contribution in [3.63, 3.8) is 0 Å². The van der Waals surface area contributed by atoms with Gasteiger partial charge in [0.15, 0.2) is 17.4 Å². The molecule has 0 aliphatic carbocycles. The highest BCUT2D eigenvalue weighted by Gasteiger charge is 2.00. The van der Waals surface area contributed by atoms with E-state index in [1.807, 2.05) is 0 Å². The topological polar surface area (TPSA) is 73.5 Å². The van der Waals surface area contributed by atoms with E-state index in [1.165, 1.54) is 12.1 Å². The van der Waals surface area contributed by atoms with E-state index < -0.39 is 0 Å². The minimum absolute atomic E-state index is 0.127. The number of phenols is 2. The van der Waals surface area contributed by atoms with Crippen LogP contribution in [0, 0.1) is 5.41 Å². The Morgan fingerprint density at radius 2 is 2.07 bits per heavy atom. The largest absolute Gasteiger partial charge is 0.504 e. The Hall–Kier alpha value is -1.71. The van der Waals surface area contributed by atoms with E-state index >= 15 is 0 Å². The van der Waals surface area contributed by atoms with Crippen LogP contribution in [0.2, 0.25) is 0 Å². The van der Waals surface area contributed by atoms with Crippen molar-refractivity contribution in [2.24, 2.45) is 0 Å². The molecule has 0 spiro atoms. The van der Waals surface area contributed by atoms with Crippen LogP contribution in [0.5, 0.6) is 11.5 Å². The molecule has 0 aliphatic rings. The van der Waals surface area contributed by atoms with E-state index in [-0.39, 0.29) is 17.4 Å². The van der Waals surface area contributed by atoms with Gasteiger partial charge in [-0.05, 0) is 17.7 Å². The van der Waals surface area contributed by atoms with E-state index in [0.29, 0.717) is 13.0 Å². The number of hydrogen-bond acceptors (Lipinski definition) is 4. The Morgan fingerprint density at radius 1 is 1.36 bits per heavy atom. The Morgan fingerprint density at radius 3 is 2.64 bits per heavy atom. The number of phenolic OH excluding ortho intramolecular Hbond substituents is 2. The van der Waals surface area contributed by atoms with E-state index in [0.717, 1.165) is 5.56 Å². The van der Waals surface area contributed by atoms with Crippen LogP contribution in [-0.2, 0) is 11.2 Å². The molecule has 0 fully saturated rings. The SMILES string of the molecule is CC(=N)OCCc1ccc(O)c(O)c1. The summed E-state index contributed by atoms with van der Waals surface area (Å²) in [6.45, 7) is 1.97. The van der Waals surface area contributed by atoms with E-state index in [9.17, 15) is 5.11 Å². The normalized spacial score (nSPS) is 9.79. The number of nitrogens with one attached hydrogen (secondary N) is 1. The predicted octanol–water partition coefficient (Wildman–Crippen LogP) is 1.65. The number of hydrogen-bond donors (Lipinski definition) is 3. The van der Waals surface area contributed by atoms with Crippen LogP contribution in [0.25, 0.3) is 0 Å². The van der Waals surface area contributed by atoms with Crippen molar-refractivity contribution in [2.45, 2.75) is 13.3 Å². The van der Waals surface area contributed by atoms with Crippen LogP contribution in [0.4, 0.5) is 0 Å². The van der Waals surface area contributed by atoms with Gasteiger partial charge in [-0.3, -0.25) is 5.41 Å². The number of benzene rings is 1. The van der Waals surface area contributed by atoms with Gasteiger partial charge >= 0.3 is 0 Å². The van der Waals surface area contributed by atoms with Gasteiger partial charge in [0.2, 0.25) is 0 Å². The summed E-state index contributed by atoms with van der Waals surface area (Å²) in [6.07, 6.45) is 0.601. The maximum absolute atomic E-state index is 9.18. The van der Waals surface area contributed by atoms with Crippen molar-refractivity contribution in [3.05, 3.63) is 23.8 Å². The number of ether oxygens (including phenoxy) is 1. The second kappa shape index (κ2) is 4.50. The highest BCUT2D eigenvalue weighted by atomic mass is 16.5. The molecule has 76 valence electrons. The van der Waals surface area contributed by atoms with E-state index in [1.54, 1.807) is 13.0 Å². The summed E-state index contributed by atoms with van der Waals surface area (Å²) in [5, 5.41) is 25.2. The first-order valence-electron chi connectivity index (χ1n) is 4.28. The average molecular weight is 195 g/mol. The molecule has 0 aliphatic heterocycles. The minimum atomic E-state index is -0.130. The molecule has 1 aromatic rings. The third-order valence-electron chi connectivity index (χ3n) is 1.75. The molecular weight excluding hydrogens is 182 g/mol. The maximum Gasteiger partial charge on any atom is 0.177 e. The molecule has 3 N–H and O–H groups in total. The van der Waals surface area contributed by atoms with Gasteiger partial charge < -0.3 is 14.9 Å². The quantitative estimate of drug-likeness (QED) is 0.390. The molecule has 0 radical (unpaired) electrons. The van der Waals surface area contributed by atoms with Crippen LogP contribution in [0.1, 0.15) is 12.5 Å². The molecule has 0 saturated carbocycles. The molecule has 0 heterocycles. The van der Waals surface area contributed by atoms with Gasteiger partial charge in [-0.2, -0.15) is 0 Å². The lowest BCUT2D eigenvalue weighted by Gasteiger charge is -2.04. The molecule has 4 heteroatoms. The first kappa shape index (κ1) is 10.4. The van der Waals surface area contributed by atoms with Crippen LogP contribution in [0.3, 0.4) is 0 Å². The lowest BCUT2D eigenvalue weighted by Crippen LogP contribution is -2.02. The van der Waals surface area contributed by atoms with Gasteiger partial charge in [-0.25, -0.2) is 0 Å². The summed E-state index contributed by atoms with van der Waals surface area (Å²) >= 11 is 0. The zero-order valence-corrected chi connectivity index (χ0v) is 7.95. The second-order valence-corrected chi connectivity index (χ2v) is 2.98. The number of aromatic hydroxyl groups is 2. The van der Waals surface area contributed by atoms with E-state index in [4.69, 9.17) is 15.3 Å². The summed E-state index contributed by atoms with van der Waals surface area (Å²) in [6, 6.07) is 4.62. The molecule has 4 nitrogen and oxygen atoms in total. The van der Waals surface area contributed by atoms with Crippen LogP contribution in [-0.4, -0.2) is 22.7 Å². The van der Waals surface area contributed by atoms with Gasteiger partial charge in [-0.1, -0.05) is 6.07 Å². The second-order valence-electron chi connectivity index (χ2n) is 2.98. The van der Waals surface area contributed by atoms with Crippen LogP contribution >= 0.6 is 0 Å². The third kappa shape index (κ3) is 2.97. The fourth-order valence-corrected chi connectivity index (χ4v) is 1.05. The first-order chi connectivity index (χ1) is 6.59. The first-order valence-corrected chi connectivity index (χ1v) is 4.28. The van der Waals surface area contributed by atoms with Crippen LogP contribution in [0.15, 0.2) is 18.2 Å². The standard InChI is InChI=1S/C10H13NO3/c1-7(11)14-5-4-8-2-3-9(12)10(13)6-8/h2-3,6,11-13H,4-5H2,1H3. The average Bonchev–Trinajstić information content (AvgIpc) is 2.10. The summed E-state index contributed by atoms with van der Waals surface area (Å²) < 4.78 is 4.96. The summed E-state index contributed by atoms with van der Waals surface area (Å²) in [7, 11) is 0. The van der Waals surface area contributed by atoms with Crippen molar-refractivity contribution in [3.8, 4) is 11.5 Å². The van der Waals surface area contributed by atoms with Gasteiger partial charge in [0.1, 0.15) is 0 Å². The van der Waals surface area contributed by atoms with Crippen molar-refractivity contribution < 1.29 is 14.9 Å². The Kier molecular flexibility index (Phi) is 3.34. The monoisotopic (exact) mass is 195 g/mol. The van der Waals surface area contributed by atoms with Crippen LogP contribution < -0.4 is 0 Å². The number of rotatable bonds is 3. The van der Waals surface area contributed by atoms with Crippen molar-refractivity contribution in [1.82, 2.24) is 0 Å². The Balaban J connectivity index is 2.51. The highest BCUT2D eigenvalue weighted by molar-refractivity contribution is 5.69. The molecule has 14 heavy (non-hydrogen) atoms. The van der Waals surface area contributed by atoms with Crippen molar-refractivity contribution >= 4 is 5.90 Å². The molecule has 0 atom stereocenters. The van der Waals surface area contributed by atoms with Gasteiger partial charge in [0.05, 0.1) is 6.61 Å². The summed E-state index contributed by atoms with van der Waals surface area (Å²) in [5.74, 6) is -0.0834. The summed E-state index contributed by atoms with van der Waals surface area (Å²) in [4.78, 5) is 0. The third-order valence-corrected chi connectivity index (χ3v) is 1.75. The minimum Gasteiger partial charge on any atom is -0.504 e. The molecule has 0 saturated heterocycles. The summed E-state index contributed by atoms with van der Waals surface area (Å²) in [5.41, 5.74) is 0.863. The molecule has 1 rings (SSSR count). The Labute approximate surface area is 82.3 Å². The Bertz CT molecular complexity index is 336.